The van der Waals surface area contributed by atoms with Gasteiger partial charge in [-0.25, -0.2) is 9.97 Å². The van der Waals surface area contributed by atoms with Crippen LogP contribution >= 0.6 is 11.6 Å². The fraction of sp³-hybridized carbons (Fsp3) is 0.118. The molecule has 8 heteroatoms. The quantitative estimate of drug-likeness (QED) is 0.711. The molecule has 0 saturated heterocycles. The number of pyridine rings is 1. The van der Waals surface area contributed by atoms with Crippen molar-refractivity contribution in [3.8, 4) is 22.4 Å². The Kier molecular flexibility index (Phi) is 4.34. The number of alkyl halides is 3. The highest BCUT2D eigenvalue weighted by molar-refractivity contribution is 6.31. The topological polar surface area (TPSA) is 64.7 Å². The van der Waals surface area contributed by atoms with Crippen molar-refractivity contribution in [2.24, 2.45) is 0 Å². The van der Waals surface area contributed by atoms with Crippen molar-refractivity contribution in [1.82, 2.24) is 15.0 Å². The molecule has 2 aromatic heterocycles. The van der Waals surface area contributed by atoms with E-state index in [1.54, 1.807) is 31.5 Å². The number of aromatic nitrogens is 3. The summed E-state index contributed by atoms with van der Waals surface area (Å²) >= 11 is 5.90. The third kappa shape index (κ3) is 3.56. The van der Waals surface area contributed by atoms with Crippen LogP contribution in [0.25, 0.3) is 22.4 Å². The number of hydrogen-bond acceptors (Lipinski definition) is 4. The highest BCUT2D eigenvalue weighted by Gasteiger charge is 2.31. The van der Waals surface area contributed by atoms with E-state index in [0.717, 1.165) is 12.1 Å². The number of hydrogen-bond donors (Lipinski definition) is 1. The lowest BCUT2D eigenvalue weighted by atomic mass is 9.98. The zero-order chi connectivity index (χ0) is 18.2. The van der Waals surface area contributed by atoms with Gasteiger partial charge in [-0.15, -0.1) is 0 Å². The van der Waals surface area contributed by atoms with Crippen molar-refractivity contribution >= 4 is 17.5 Å². The highest BCUT2D eigenvalue weighted by atomic mass is 35.5. The Morgan fingerprint density at radius 3 is 2.48 bits per heavy atom. The van der Waals surface area contributed by atoms with E-state index >= 15 is 0 Å². The predicted molar refractivity (Wildman–Crippen MR) is 89.9 cm³/mol. The van der Waals surface area contributed by atoms with Crippen molar-refractivity contribution < 1.29 is 13.2 Å². The molecule has 0 atom stereocenters. The van der Waals surface area contributed by atoms with Crippen LogP contribution in [0.2, 0.25) is 5.02 Å². The minimum absolute atomic E-state index is 0.0336. The second kappa shape index (κ2) is 6.33. The monoisotopic (exact) mass is 364 g/mol. The first kappa shape index (κ1) is 17.2. The van der Waals surface area contributed by atoms with Crippen molar-refractivity contribution in [3.05, 3.63) is 59.0 Å². The molecule has 0 aliphatic heterocycles. The molecule has 128 valence electrons. The number of rotatable bonds is 2. The van der Waals surface area contributed by atoms with Gasteiger partial charge in [0.2, 0.25) is 5.95 Å². The summed E-state index contributed by atoms with van der Waals surface area (Å²) in [6.07, 6.45) is -1.35. The molecule has 0 unspecified atom stereocenters. The smallest absolute Gasteiger partial charge is 0.368 e. The van der Waals surface area contributed by atoms with Crippen molar-refractivity contribution in [2.75, 3.05) is 5.73 Å². The van der Waals surface area contributed by atoms with Gasteiger partial charge in [0, 0.05) is 34.1 Å². The van der Waals surface area contributed by atoms with E-state index in [9.17, 15) is 13.2 Å². The van der Waals surface area contributed by atoms with Gasteiger partial charge < -0.3 is 5.73 Å². The van der Waals surface area contributed by atoms with Crippen molar-refractivity contribution in [1.29, 1.82) is 0 Å². The lowest BCUT2D eigenvalue weighted by Crippen LogP contribution is -2.06. The largest absolute Gasteiger partial charge is 0.416 e. The van der Waals surface area contributed by atoms with Crippen LogP contribution in [-0.4, -0.2) is 15.0 Å². The van der Waals surface area contributed by atoms with Crippen LogP contribution in [0.3, 0.4) is 0 Å². The van der Waals surface area contributed by atoms with Crippen LogP contribution in [0.15, 0.2) is 42.7 Å². The second-order valence-electron chi connectivity index (χ2n) is 5.36. The van der Waals surface area contributed by atoms with Gasteiger partial charge in [0.25, 0.3) is 0 Å². The van der Waals surface area contributed by atoms with Gasteiger partial charge in [0.15, 0.2) is 0 Å². The summed E-state index contributed by atoms with van der Waals surface area (Å²) in [4.78, 5) is 12.3. The van der Waals surface area contributed by atoms with Crippen LogP contribution in [-0.2, 0) is 6.18 Å². The molecule has 0 spiro atoms. The Labute approximate surface area is 146 Å². The SMILES string of the molecule is Cc1nc(N)nc(-c2cc(Cl)cc(C(F)(F)F)c2)c1-c1cccnc1. The van der Waals surface area contributed by atoms with Crippen LogP contribution < -0.4 is 5.73 Å². The Morgan fingerprint density at radius 1 is 1.08 bits per heavy atom. The molecule has 0 aliphatic rings. The molecule has 3 aromatic rings. The number of halogens is 4. The fourth-order valence-electron chi connectivity index (χ4n) is 2.55. The molecule has 25 heavy (non-hydrogen) atoms. The number of benzene rings is 1. The minimum Gasteiger partial charge on any atom is -0.368 e. The molecule has 0 radical (unpaired) electrons. The maximum atomic E-state index is 13.1. The Bertz CT molecular complexity index is 927. The van der Waals surface area contributed by atoms with Gasteiger partial charge >= 0.3 is 6.18 Å². The predicted octanol–water partition coefficient (Wildman–Crippen LogP) is 4.77. The Hall–Kier alpha value is -2.67. The van der Waals surface area contributed by atoms with E-state index in [1.807, 2.05) is 0 Å². The number of aryl methyl sites for hydroxylation is 1. The summed E-state index contributed by atoms with van der Waals surface area (Å²) in [7, 11) is 0. The van der Waals surface area contributed by atoms with E-state index in [4.69, 9.17) is 17.3 Å². The highest BCUT2D eigenvalue weighted by Crippen LogP contribution is 2.38. The van der Waals surface area contributed by atoms with E-state index < -0.39 is 11.7 Å². The van der Waals surface area contributed by atoms with Crippen LogP contribution in [0.5, 0.6) is 0 Å². The first-order valence-corrected chi connectivity index (χ1v) is 7.56. The summed E-state index contributed by atoms with van der Waals surface area (Å²) < 4.78 is 39.4. The molecule has 2 N–H and O–H groups in total. The Balaban J connectivity index is 2.30. The summed E-state index contributed by atoms with van der Waals surface area (Å²) in [5, 5.41) is -0.0446. The van der Waals surface area contributed by atoms with Crippen LogP contribution in [0.1, 0.15) is 11.3 Å². The summed E-state index contributed by atoms with van der Waals surface area (Å²) in [6.45, 7) is 1.71. The van der Waals surface area contributed by atoms with Gasteiger partial charge in [0.05, 0.1) is 17.0 Å². The number of nitrogens with two attached hydrogens (primary N) is 1. The van der Waals surface area contributed by atoms with Gasteiger partial charge in [-0.1, -0.05) is 17.7 Å². The Morgan fingerprint density at radius 2 is 1.84 bits per heavy atom. The van der Waals surface area contributed by atoms with Crippen molar-refractivity contribution in [2.45, 2.75) is 13.1 Å². The van der Waals surface area contributed by atoms with E-state index in [0.29, 0.717) is 16.8 Å². The molecule has 0 amide bonds. The maximum Gasteiger partial charge on any atom is 0.416 e. The second-order valence-corrected chi connectivity index (χ2v) is 5.80. The average molecular weight is 365 g/mol. The van der Waals surface area contributed by atoms with E-state index in [2.05, 4.69) is 15.0 Å². The van der Waals surface area contributed by atoms with Gasteiger partial charge in [-0.05, 0) is 31.2 Å². The first-order valence-electron chi connectivity index (χ1n) is 7.18. The minimum atomic E-state index is -4.53. The molecule has 0 saturated carbocycles. The van der Waals surface area contributed by atoms with E-state index in [1.165, 1.54) is 6.07 Å². The zero-order valence-electron chi connectivity index (χ0n) is 13.0. The summed E-state index contributed by atoms with van der Waals surface area (Å²) in [6, 6.07) is 6.76. The number of anilines is 1. The molecule has 0 bridgehead atoms. The zero-order valence-corrected chi connectivity index (χ0v) is 13.7. The molecule has 4 nitrogen and oxygen atoms in total. The third-order valence-electron chi connectivity index (χ3n) is 3.56. The van der Waals surface area contributed by atoms with Crippen molar-refractivity contribution in [3.63, 3.8) is 0 Å². The van der Waals surface area contributed by atoms with Gasteiger partial charge in [-0.3, -0.25) is 4.98 Å². The first-order chi connectivity index (χ1) is 11.8. The molecular formula is C17H12ClF3N4. The maximum absolute atomic E-state index is 13.1. The normalized spacial score (nSPS) is 11.6. The van der Waals surface area contributed by atoms with E-state index in [-0.39, 0.29) is 22.2 Å². The lowest BCUT2D eigenvalue weighted by molar-refractivity contribution is -0.137. The lowest BCUT2D eigenvalue weighted by Gasteiger charge is -2.14. The van der Waals surface area contributed by atoms with Crippen LogP contribution in [0.4, 0.5) is 19.1 Å². The number of nitrogens with zero attached hydrogens (tertiary/aromatic N) is 3. The fourth-order valence-corrected chi connectivity index (χ4v) is 2.78. The molecule has 0 aliphatic carbocycles. The molecule has 0 fully saturated rings. The third-order valence-corrected chi connectivity index (χ3v) is 3.77. The van der Waals surface area contributed by atoms with Gasteiger partial charge in [-0.2, -0.15) is 13.2 Å². The summed E-state index contributed by atoms with van der Waals surface area (Å²) in [5.41, 5.74) is 7.08. The molecule has 1 aromatic carbocycles. The average Bonchev–Trinajstić information content (AvgIpc) is 2.53. The standard InChI is InChI=1S/C17H12ClF3N4/c1-9-14(10-3-2-4-23-8-10)15(25-16(22)24-9)11-5-12(17(19,20)21)7-13(18)6-11/h2-8H,1H3,(H2,22,24,25). The van der Waals surface area contributed by atoms with Gasteiger partial charge in [0.1, 0.15) is 0 Å². The van der Waals surface area contributed by atoms with Crippen LogP contribution in [0, 0.1) is 6.92 Å². The number of nitrogen functional groups attached to an aromatic ring is 1. The molecular weight excluding hydrogens is 353 g/mol. The molecule has 3 rings (SSSR count). The molecule has 2 heterocycles. The summed E-state index contributed by atoms with van der Waals surface area (Å²) in [5.74, 6) is -0.0336.